The molecule has 8 heteroatoms. The maximum atomic E-state index is 13.2. The van der Waals surface area contributed by atoms with Crippen molar-refractivity contribution >= 4 is 32.0 Å². The van der Waals surface area contributed by atoms with E-state index in [2.05, 4.69) is 39.2 Å². The van der Waals surface area contributed by atoms with Crippen LogP contribution in [0.1, 0.15) is 32.5 Å². The van der Waals surface area contributed by atoms with Crippen LogP contribution in [0.4, 0.5) is 0 Å². The number of carbonyl (C=O) groups is 2. The van der Waals surface area contributed by atoms with E-state index in [1.165, 1.54) is 0 Å². The smallest absolute Gasteiger partial charge is 0.420 e. The Balaban J connectivity index is 1.88. The third-order valence-corrected chi connectivity index (χ3v) is 6.65. The molecule has 1 amide bonds. The number of nitrogens with zero attached hydrogens (tertiary/aromatic N) is 1. The fourth-order valence-electron chi connectivity index (χ4n) is 4.01. The van der Waals surface area contributed by atoms with Gasteiger partial charge in [0.25, 0.3) is 0 Å². The first kappa shape index (κ1) is 21.5. The molecular weight excluding hydrogens is 388 g/mol. The first-order valence-corrected chi connectivity index (χ1v) is 12.9. The van der Waals surface area contributed by atoms with Gasteiger partial charge in [-0.2, -0.15) is 0 Å². The van der Waals surface area contributed by atoms with Gasteiger partial charge in [-0.25, -0.2) is 9.36 Å². The van der Waals surface area contributed by atoms with E-state index in [1.54, 1.807) is 31.2 Å². The average Bonchev–Trinajstić information content (AvgIpc) is 2.96. The molecule has 0 bridgehead atoms. The van der Waals surface area contributed by atoms with E-state index in [9.17, 15) is 14.4 Å². The Kier molecular flexibility index (Phi) is 5.87. The van der Waals surface area contributed by atoms with Crippen LogP contribution in [0, 0.1) is 23.2 Å². The molecule has 1 aliphatic rings. The predicted molar refractivity (Wildman–Crippen MR) is 113 cm³/mol. The fourth-order valence-corrected chi connectivity index (χ4v) is 4.60. The highest BCUT2D eigenvalue weighted by atomic mass is 28.3. The minimum Gasteiger partial charge on any atom is -0.420 e. The van der Waals surface area contributed by atoms with Crippen molar-refractivity contribution in [1.29, 1.82) is 0 Å². The fraction of sp³-hybridized carbons (Fsp3) is 0.571. The predicted octanol–water partition coefficient (Wildman–Crippen LogP) is 2.65. The zero-order chi connectivity index (χ0) is 21.5. The van der Waals surface area contributed by atoms with Crippen LogP contribution in [0.5, 0.6) is 0 Å². The zero-order valence-corrected chi connectivity index (χ0v) is 19.0. The van der Waals surface area contributed by atoms with E-state index in [1.807, 2.05) is 0 Å². The van der Waals surface area contributed by atoms with Crippen molar-refractivity contribution < 1.29 is 18.4 Å². The quantitative estimate of drug-likeness (QED) is 0.575. The van der Waals surface area contributed by atoms with Crippen LogP contribution in [-0.2, 0) is 9.22 Å². The Bertz CT molecular complexity index is 971. The number of hydrogen-bond acceptors (Lipinski definition) is 5. The molecule has 4 atom stereocenters. The molecule has 7 nitrogen and oxygen atoms in total. The Morgan fingerprint density at radius 3 is 2.52 bits per heavy atom. The minimum atomic E-state index is -1.24. The van der Waals surface area contributed by atoms with Gasteiger partial charge < -0.3 is 14.2 Å². The molecule has 1 saturated heterocycles. The molecule has 1 aromatic carbocycles. The average molecular weight is 419 g/mol. The summed E-state index contributed by atoms with van der Waals surface area (Å²) < 4.78 is 12.3. The maximum Gasteiger partial charge on any atom is 0.426 e. The highest BCUT2D eigenvalue weighted by molar-refractivity contribution is 6.48. The number of carbonyl (C=O) groups excluding carboxylic acids is 2. The lowest BCUT2D eigenvalue weighted by Crippen LogP contribution is -2.67. The summed E-state index contributed by atoms with van der Waals surface area (Å²) >= 11 is 0. The number of β-lactam (4-membered cyclic amide) rings is 1. The van der Waals surface area contributed by atoms with E-state index in [-0.39, 0.29) is 35.1 Å². The molecule has 1 N–H and O–H groups in total. The van der Waals surface area contributed by atoms with Gasteiger partial charge in [0.05, 0.1) is 23.4 Å². The summed E-state index contributed by atoms with van der Waals surface area (Å²) in [5.74, 6) is -2.07. The molecule has 158 valence electrons. The topological polar surface area (TPSA) is 90.5 Å². The zero-order valence-electron chi connectivity index (χ0n) is 17.9. The number of amides is 1. The number of benzene rings is 1. The van der Waals surface area contributed by atoms with Gasteiger partial charge in [-0.05, 0) is 36.6 Å². The second-order valence-corrected chi connectivity index (χ2v) is 11.6. The molecule has 0 radical (unpaired) electrons. The van der Waals surface area contributed by atoms with Crippen molar-refractivity contribution in [2.45, 2.75) is 46.8 Å². The second kappa shape index (κ2) is 7.91. The number of rotatable bonds is 6. The van der Waals surface area contributed by atoms with Gasteiger partial charge in [-0.1, -0.05) is 39.8 Å². The Labute approximate surface area is 172 Å². The Morgan fingerprint density at radius 2 is 1.93 bits per heavy atom. The number of oxazole rings is 1. The number of nitrogens with one attached hydrogen (secondary N) is 1. The number of aromatic nitrogens is 1. The molecule has 1 aliphatic heterocycles. The van der Waals surface area contributed by atoms with Crippen molar-refractivity contribution in [3.05, 3.63) is 34.8 Å². The molecule has 29 heavy (non-hydrogen) atoms. The molecule has 0 spiro atoms. The van der Waals surface area contributed by atoms with Crippen LogP contribution >= 0.6 is 0 Å². The second-order valence-electron chi connectivity index (χ2n) is 9.21. The molecule has 1 fully saturated rings. The highest BCUT2D eigenvalue weighted by Crippen LogP contribution is 2.40. The van der Waals surface area contributed by atoms with E-state index in [0.717, 1.165) is 4.57 Å². The minimum absolute atomic E-state index is 0.0239. The van der Waals surface area contributed by atoms with Crippen molar-refractivity contribution in [2.24, 2.45) is 23.2 Å². The molecule has 1 aromatic heterocycles. The van der Waals surface area contributed by atoms with Crippen molar-refractivity contribution in [3.63, 3.8) is 0 Å². The van der Waals surface area contributed by atoms with Gasteiger partial charge in [0.15, 0.2) is 14.6 Å². The van der Waals surface area contributed by atoms with Gasteiger partial charge in [0, 0.05) is 6.61 Å². The van der Waals surface area contributed by atoms with Gasteiger partial charge in [-0.3, -0.25) is 9.59 Å². The van der Waals surface area contributed by atoms with E-state index >= 15 is 0 Å². The standard InChI is InChI=1S/C21H30N2O5Si/c1-12(19(25)23-14-9-7-8-10-15(14)28-20(23)26)17-16(18(24)22-17)13(21(2,3)4)11-27-29(5)6/h7-10,12-13,16-17,29H,11H2,1-6H3,(H,22,24)/t12-,13-,16+,17-/m1/s1. The normalized spacial score (nSPS) is 21.7. The van der Waals surface area contributed by atoms with Crippen LogP contribution in [0.15, 0.2) is 33.5 Å². The SMILES string of the molecule is C[C@@H](C(=O)n1c(=O)oc2ccccc21)[C@H]1NC(=O)[C@H]1[C@@H](CO[SiH](C)C)C(C)(C)C. The van der Waals surface area contributed by atoms with Crippen molar-refractivity contribution in [3.8, 4) is 0 Å². The maximum absolute atomic E-state index is 13.2. The highest BCUT2D eigenvalue weighted by Gasteiger charge is 2.52. The van der Waals surface area contributed by atoms with Crippen LogP contribution in [0.3, 0.4) is 0 Å². The molecule has 2 aromatic rings. The third-order valence-electron chi connectivity index (χ3n) is 5.79. The summed E-state index contributed by atoms with van der Waals surface area (Å²) in [6, 6.07) is 6.49. The van der Waals surface area contributed by atoms with E-state index in [4.69, 9.17) is 8.84 Å². The molecule has 3 rings (SSSR count). The van der Waals surface area contributed by atoms with E-state index in [0.29, 0.717) is 17.7 Å². The Morgan fingerprint density at radius 1 is 1.28 bits per heavy atom. The number of para-hydroxylation sites is 2. The summed E-state index contributed by atoms with van der Waals surface area (Å²) in [6.45, 7) is 12.7. The van der Waals surface area contributed by atoms with Gasteiger partial charge >= 0.3 is 5.76 Å². The molecule has 0 aliphatic carbocycles. The molecule has 2 heterocycles. The van der Waals surface area contributed by atoms with Crippen LogP contribution in [0.2, 0.25) is 13.1 Å². The monoisotopic (exact) mass is 418 g/mol. The lowest BCUT2D eigenvalue weighted by Gasteiger charge is -2.48. The lowest BCUT2D eigenvalue weighted by molar-refractivity contribution is -0.143. The first-order chi connectivity index (χ1) is 13.5. The van der Waals surface area contributed by atoms with Crippen molar-refractivity contribution in [1.82, 2.24) is 9.88 Å². The summed E-state index contributed by atoms with van der Waals surface area (Å²) in [7, 11) is -1.24. The third kappa shape index (κ3) is 4.09. The molecule has 0 saturated carbocycles. The van der Waals surface area contributed by atoms with Gasteiger partial charge in [0.1, 0.15) is 0 Å². The van der Waals surface area contributed by atoms with Gasteiger partial charge in [0.2, 0.25) is 11.8 Å². The lowest BCUT2D eigenvalue weighted by atomic mass is 9.65. The molecular formula is C21H30N2O5Si. The van der Waals surface area contributed by atoms with E-state index < -0.39 is 20.7 Å². The summed E-state index contributed by atoms with van der Waals surface area (Å²) in [6.07, 6.45) is 0. The summed E-state index contributed by atoms with van der Waals surface area (Å²) in [5.41, 5.74) is 0.652. The van der Waals surface area contributed by atoms with Crippen LogP contribution in [-0.4, -0.2) is 38.1 Å². The van der Waals surface area contributed by atoms with Crippen molar-refractivity contribution in [2.75, 3.05) is 6.61 Å². The van der Waals surface area contributed by atoms with Gasteiger partial charge in [-0.15, -0.1) is 0 Å². The number of hydrogen-bond donors (Lipinski definition) is 1. The largest absolute Gasteiger partial charge is 0.426 e. The van der Waals surface area contributed by atoms with Crippen LogP contribution in [0.25, 0.3) is 11.1 Å². The number of fused-ring (bicyclic) bond motifs is 1. The summed E-state index contributed by atoms with van der Waals surface area (Å²) in [5, 5.41) is 2.89. The summed E-state index contributed by atoms with van der Waals surface area (Å²) in [4.78, 5) is 38.0. The molecule has 0 unspecified atom stereocenters. The van der Waals surface area contributed by atoms with Crippen LogP contribution < -0.4 is 11.1 Å². The first-order valence-electron chi connectivity index (χ1n) is 10.1. The Hall–Kier alpha value is -2.19.